The molecule has 4 rings (SSSR count). The van der Waals surface area contributed by atoms with E-state index in [1.165, 1.54) is 19.3 Å². The van der Waals surface area contributed by atoms with Crippen molar-refractivity contribution in [3.63, 3.8) is 0 Å². The Bertz CT molecular complexity index is 497. The molecule has 3 fully saturated rings. The zero-order chi connectivity index (χ0) is 13.7. The molecule has 3 aliphatic rings. The van der Waals surface area contributed by atoms with Crippen molar-refractivity contribution in [3.8, 4) is 0 Å². The molecule has 0 radical (unpaired) electrons. The summed E-state index contributed by atoms with van der Waals surface area (Å²) in [5.74, 6) is 2.37. The van der Waals surface area contributed by atoms with Gasteiger partial charge in [-0.1, -0.05) is 20.3 Å². The molecule has 0 spiro atoms. The number of aromatic nitrogens is 2. The fraction of sp³-hybridized carbons (Fsp3) is 0.867. The highest BCUT2D eigenvalue weighted by Gasteiger charge is 2.56. The second kappa shape index (κ2) is 4.53. The fourth-order valence-corrected chi connectivity index (χ4v) is 3.78. The zero-order valence-corrected chi connectivity index (χ0v) is 12.3. The van der Waals surface area contributed by atoms with Gasteiger partial charge in [0.2, 0.25) is 11.8 Å². The van der Waals surface area contributed by atoms with Gasteiger partial charge >= 0.3 is 0 Å². The molecule has 3 heterocycles. The van der Waals surface area contributed by atoms with E-state index in [1.54, 1.807) is 0 Å². The summed E-state index contributed by atoms with van der Waals surface area (Å²) >= 11 is 0. The standard InChI is InChI=1S/C15H23N3O2/c1-10(2)13-16-17-14(20-13)15-8-18(12-4-3-5-12)6-11(15)7-19-9-15/h10-12H,3-9H2,1-2H3/t11-,15-/m0/s1. The summed E-state index contributed by atoms with van der Waals surface area (Å²) < 4.78 is 11.7. The van der Waals surface area contributed by atoms with Crippen LogP contribution in [-0.2, 0) is 10.2 Å². The molecule has 1 aromatic rings. The number of hydrogen-bond acceptors (Lipinski definition) is 5. The Hall–Kier alpha value is -0.940. The molecule has 0 bridgehead atoms. The Labute approximate surface area is 119 Å². The average molecular weight is 277 g/mol. The molecule has 0 N–H and O–H groups in total. The van der Waals surface area contributed by atoms with Crippen molar-refractivity contribution in [2.24, 2.45) is 5.92 Å². The van der Waals surface area contributed by atoms with Crippen LogP contribution in [0.15, 0.2) is 4.42 Å². The molecule has 2 saturated heterocycles. The molecule has 2 atom stereocenters. The Morgan fingerprint density at radius 1 is 1.30 bits per heavy atom. The van der Waals surface area contributed by atoms with E-state index in [0.29, 0.717) is 5.92 Å². The van der Waals surface area contributed by atoms with Crippen LogP contribution in [0.3, 0.4) is 0 Å². The predicted molar refractivity (Wildman–Crippen MR) is 73.6 cm³/mol. The van der Waals surface area contributed by atoms with Gasteiger partial charge < -0.3 is 9.15 Å². The molecule has 5 heteroatoms. The maximum Gasteiger partial charge on any atom is 0.226 e. The third-order valence-corrected chi connectivity index (χ3v) is 5.35. The van der Waals surface area contributed by atoms with E-state index in [-0.39, 0.29) is 11.3 Å². The van der Waals surface area contributed by atoms with Crippen molar-refractivity contribution in [3.05, 3.63) is 11.8 Å². The lowest BCUT2D eigenvalue weighted by molar-refractivity contribution is 0.101. The van der Waals surface area contributed by atoms with Gasteiger partial charge in [-0.05, 0) is 12.8 Å². The number of ether oxygens (including phenoxy) is 1. The molecule has 1 aromatic heterocycles. The van der Waals surface area contributed by atoms with Crippen LogP contribution >= 0.6 is 0 Å². The monoisotopic (exact) mass is 277 g/mol. The molecular formula is C15H23N3O2. The number of hydrogen-bond donors (Lipinski definition) is 0. The lowest BCUT2D eigenvalue weighted by Crippen LogP contribution is -2.42. The summed E-state index contributed by atoms with van der Waals surface area (Å²) in [7, 11) is 0. The van der Waals surface area contributed by atoms with Crippen LogP contribution in [0.2, 0.25) is 0 Å². The maximum absolute atomic E-state index is 5.98. The van der Waals surface area contributed by atoms with Gasteiger partial charge in [-0.15, -0.1) is 10.2 Å². The molecule has 20 heavy (non-hydrogen) atoms. The first-order valence-corrected chi connectivity index (χ1v) is 7.85. The van der Waals surface area contributed by atoms with E-state index in [4.69, 9.17) is 9.15 Å². The molecule has 110 valence electrons. The van der Waals surface area contributed by atoms with Crippen molar-refractivity contribution < 1.29 is 9.15 Å². The van der Waals surface area contributed by atoms with Crippen LogP contribution < -0.4 is 0 Å². The summed E-state index contributed by atoms with van der Waals surface area (Å²) in [6.45, 7) is 7.91. The fourth-order valence-electron chi connectivity index (χ4n) is 3.78. The molecule has 5 nitrogen and oxygen atoms in total. The lowest BCUT2D eigenvalue weighted by atomic mass is 9.81. The van der Waals surface area contributed by atoms with Gasteiger partial charge in [0, 0.05) is 31.0 Å². The normalized spacial score (nSPS) is 34.6. The van der Waals surface area contributed by atoms with Crippen LogP contribution in [0.5, 0.6) is 0 Å². The van der Waals surface area contributed by atoms with Gasteiger partial charge in [-0.25, -0.2) is 0 Å². The van der Waals surface area contributed by atoms with Crippen LogP contribution in [0.25, 0.3) is 0 Å². The van der Waals surface area contributed by atoms with Gasteiger partial charge in [-0.2, -0.15) is 0 Å². The zero-order valence-electron chi connectivity index (χ0n) is 12.3. The van der Waals surface area contributed by atoms with Crippen LogP contribution in [-0.4, -0.2) is 47.4 Å². The quantitative estimate of drug-likeness (QED) is 0.845. The molecule has 0 unspecified atom stereocenters. The molecule has 0 aromatic carbocycles. The smallest absolute Gasteiger partial charge is 0.226 e. The molecule has 1 aliphatic carbocycles. The first-order chi connectivity index (χ1) is 9.69. The summed E-state index contributed by atoms with van der Waals surface area (Å²) in [6, 6.07) is 0.782. The van der Waals surface area contributed by atoms with Crippen molar-refractivity contribution in [1.29, 1.82) is 0 Å². The van der Waals surface area contributed by atoms with E-state index in [1.807, 2.05) is 0 Å². The number of fused-ring (bicyclic) bond motifs is 1. The van der Waals surface area contributed by atoms with E-state index in [0.717, 1.165) is 44.1 Å². The highest BCUT2D eigenvalue weighted by Crippen LogP contribution is 2.45. The van der Waals surface area contributed by atoms with Crippen molar-refractivity contribution in [2.45, 2.75) is 50.5 Å². The second-order valence-corrected chi connectivity index (χ2v) is 6.98. The SMILES string of the molecule is CC(C)c1nnc([C@@]23COC[C@@H]2CN(C2CCC2)C3)o1. The predicted octanol–water partition coefficient (Wildman–Crippen LogP) is 1.95. The van der Waals surface area contributed by atoms with E-state index < -0.39 is 0 Å². The highest BCUT2D eigenvalue weighted by atomic mass is 16.5. The Morgan fingerprint density at radius 2 is 2.15 bits per heavy atom. The maximum atomic E-state index is 5.98. The summed E-state index contributed by atoms with van der Waals surface area (Å²) in [5, 5.41) is 8.60. The largest absolute Gasteiger partial charge is 0.424 e. The topological polar surface area (TPSA) is 51.4 Å². The van der Waals surface area contributed by atoms with Crippen molar-refractivity contribution in [2.75, 3.05) is 26.3 Å². The van der Waals surface area contributed by atoms with E-state index >= 15 is 0 Å². The highest BCUT2D eigenvalue weighted by molar-refractivity contribution is 5.17. The number of likely N-dealkylation sites (tertiary alicyclic amines) is 1. The third-order valence-electron chi connectivity index (χ3n) is 5.35. The van der Waals surface area contributed by atoms with Gasteiger partial charge in [0.05, 0.1) is 18.6 Å². The Kier molecular flexibility index (Phi) is 2.89. The van der Waals surface area contributed by atoms with Crippen molar-refractivity contribution >= 4 is 0 Å². The summed E-state index contributed by atoms with van der Waals surface area (Å²) in [4.78, 5) is 2.63. The molecule has 2 aliphatic heterocycles. The van der Waals surface area contributed by atoms with Crippen LogP contribution in [0.4, 0.5) is 0 Å². The van der Waals surface area contributed by atoms with Gasteiger partial charge in [0.15, 0.2) is 0 Å². The molecular weight excluding hydrogens is 254 g/mol. The molecule has 1 saturated carbocycles. The lowest BCUT2D eigenvalue weighted by Gasteiger charge is -2.35. The number of rotatable bonds is 3. The van der Waals surface area contributed by atoms with E-state index in [9.17, 15) is 0 Å². The first-order valence-electron chi connectivity index (χ1n) is 7.85. The van der Waals surface area contributed by atoms with Crippen LogP contribution in [0.1, 0.15) is 50.8 Å². The van der Waals surface area contributed by atoms with Crippen LogP contribution in [0, 0.1) is 5.92 Å². The minimum Gasteiger partial charge on any atom is -0.424 e. The Morgan fingerprint density at radius 3 is 2.80 bits per heavy atom. The molecule has 0 amide bonds. The van der Waals surface area contributed by atoms with Gasteiger partial charge in [0.25, 0.3) is 0 Å². The third kappa shape index (κ3) is 1.76. The Balaban J connectivity index is 1.62. The average Bonchev–Trinajstić information content (AvgIpc) is 2.97. The second-order valence-electron chi connectivity index (χ2n) is 6.98. The van der Waals surface area contributed by atoms with E-state index in [2.05, 4.69) is 28.9 Å². The van der Waals surface area contributed by atoms with Gasteiger partial charge in [-0.3, -0.25) is 4.90 Å². The van der Waals surface area contributed by atoms with Crippen molar-refractivity contribution in [1.82, 2.24) is 15.1 Å². The summed E-state index contributed by atoms with van der Waals surface area (Å²) in [6.07, 6.45) is 4.09. The minimum atomic E-state index is -0.0459. The van der Waals surface area contributed by atoms with Gasteiger partial charge in [0.1, 0.15) is 0 Å². The minimum absolute atomic E-state index is 0.0459. The summed E-state index contributed by atoms with van der Waals surface area (Å²) in [5.41, 5.74) is -0.0459. The first kappa shape index (κ1) is 12.8. The number of nitrogens with zero attached hydrogens (tertiary/aromatic N) is 3.